The molecule has 124 heavy (non-hydrogen) atoms. The number of hydrogen-bond donors (Lipinski definition) is 4. The average molecular weight is 1750 g/mol. The molecule has 14 heterocycles. The van der Waals surface area contributed by atoms with Gasteiger partial charge in [-0.25, -0.2) is 44.3 Å². The van der Waals surface area contributed by atoms with E-state index in [2.05, 4.69) is 134 Å². The molecule has 9 aliphatic rings. The van der Waals surface area contributed by atoms with Gasteiger partial charge in [-0.1, -0.05) is 67.1 Å². The van der Waals surface area contributed by atoms with Crippen molar-refractivity contribution in [3.8, 4) is 0 Å². The van der Waals surface area contributed by atoms with Gasteiger partial charge < -0.3 is 40.4 Å². The second-order valence-corrected chi connectivity index (χ2v) is 36.2. The fraction of sp³-hybridized carbons (Fsp3) is 0.370. The maximum Gasteiger partial charge on any atom is 0.290 e. The van der Waals surface area contributed by atoms with Crippen molar-refractivity contribution in [2.45, 2.75) is 122 Å². The molecule has 8 saturated heterocycles. The number of pyridine rings is 1. The van der Waals surface area contributed by atoms with Crippen molar-refractivity contribution < 1.29 is 47.2 Å². The van der Waals surface area contributed by atoms with Crippen LogP contribution < -0.4 is 41.3 Å². The number of carbonyl (C=O) groups is 8. The van der Waals surface area contributed by atoms with E-state index in [1.807, 2.05) is 18.2 Å². The van der Waals surface area contributed by atoms with Crippen LogP contribution in [0.3, 0.4) is 0 Å². The number of imide groups is 1. The lowest BCUT2D eigenvalue weighted by molar-refractivity contribution is -0.120. The topological polar surface area (TPSA) is 353 Å². The van der Waals surface area contributed by atoms with Gasteiger partial charge in [0.2, 0.25) is 39.1 Å². The van der Waals surface area contributed by atoms with Gasteiger partial charge in [-0.2, -0.15) is 0 Å². The molecule has 0 radical (unpaired) electrons. The molecule has 640 valence electrons. The van der Waals surface area contributed by atoms with Crippen LogP contribution in [0.4, 0.5) is 33.0 Å². The number of piperidine rings is 4. The molecule has 5 N–H and O–H groups in total. The predicted molar refractivity (Wildman–Crippen MR) is 485 cm³/mol. The number of ketones is 3. The SMILES string of the molecule is NC(=NCC1CCN(c2nccc(/C=C3\SC(=O)CC3=O)n2)CC1)c1ccco1.O=C1CC(=O)/C(=C/c2ccnc(N3CCC(CCC4CCc5ccccc5C4)CC3)n2)S1.O=C1CC(=O)/C(=C/c2ccnc(N3CCC(NCc4ccc5cc(F)ccc5n4)CC3)n2)S1.O=C1NC(=O)/C(=C/c2ccnc(N3CCC(CNCCc4ccccc4)CC3)n2)S1. The molecular formula is C92H97FN18O9S4. The maximum absolute atomic E-state index is 13.3. The zero-order valence-corrected chi connectivity index (χ0v) is 71.9. The second kappa shape index (κ2) is 42.9. The molecule has 9 aromatic rings. The van der Waals surface area contributed by atoms with Crippen LogP contribution in [0.15, 0.2) is 181 Å². The number of fused-ring (bicyclic) bond motifs is 2. The molecule has 1 unspecified atom stereocenters. The lowest BCUT2D eigenvalue weighted by Crippen LogP contribution is -2.43. The number of nitrogens with two attached hydrogens (primary N) is 1. The number of carbonyl (C=O) groups excluding carboxylic acids is 8. The quantitative estimate of drug-likeness (QED) is 0.0161. The third-order valence-corrected chi connectivity index (χ3v) is 26.8. The molecule has 2 amide bonds. The van der Waals surface area contributed by atoms with E-state index >= 15 is 0 Å². The highest BCUT2D eigenvalue weighted by molar-refractivity contribution is 8.19. The van der Waals surface area contributed by atoms with Crippen LogP contribution in [0.2, 0.25) is 0 Å². The number of anilines is 4. The molecule has 1 atom stereocenters. The molecule has 32 heteroatoms. The fourth-order valence-electron chi connectivity index (χ4n) is 16.2. The Morgan fingerprint density at radius 3 is 1.50 bits per heavy atom. The Labute approximate surface area is 735 Å². The first-order chi connectivity index (χ1) is 60.4. The van der Waals surface area contributed by atoms with E-state index in [0.717, 1.165) is 192 Å². The van der Waals surface area contributed by atoms with E-state index in [9.17, 15) is 42.7 Å². The molecule has 6 aromatic heterocycles. The van der Waals surface area contributed by atoms with Crippen LogP contribution in [-0.2, 0) is 59.4 Å². The summed E-state index contributed by atoms with van der Waals surface area (Å²) in [6, 6.07) is 38.9. The van der Waals surface area contributed by atoms with Crippen molar-refractivity contribution in [3.05, 3.63) is 229 Å². The van der Waals surface area contributed by atoms with E-state index in [0.29, 0.717) is 103 Å². The number of amides is 2. The van der Waals surface area contributed by atoms with E-state index in [4.69, 9.17) is 10.2 Å². The predicted octanol–water partition coefficient (Wildman–Crippen LogP) is 13.5. The Morgan fingerprint density at radius 2 is 1.00 bits per heavy atom. The normalized spacial score (nSPS) is 20.1. The summed E-state index contributed by atoms with van der Waals surface area (Å²) in [6.07, 6.45) is 30.9. The summed E-state index contributed by atoms with van der Waals surface area (Å²) in [6.45, 7) is 10.4. The van der Waals surface area contributed by atoms with Gasteiger partial charge >= 0.3 is 0 Å². The minimum Gasteiger partial charge on any atom is -0.461 e. The minimum atomic E-state index is -0.370. The summed E-state index contributed by atoms with van der Waals surface area (Å²) in [5.74, 6) is 5.40. The van der Waals surface area contributed by atoms with E-state index < -0.39 is 0 Å². The Bertz CT molecular complexity index is 5530. The first-order valence-electron chi connectivity index (χ1n) is 42.3. The highest BCUT2D eigenvalue weighted by atomic mass is 32.2. The van der Waals surface area contributed by atoms with Crippen molar-refractivity contribution in [2.75, 3.05) is 91.6 Å². The molecule has 0 saturated carbocycles. The number of rotatable bonds is 22. The fourth-order valence-corrected chi connectivity index (χ4v) is 19.3. The largest absolute Gasteiger partial charge is 0.461 e. The second-order valence-electron chi connectivity index (χ2n) is 31.9. The first-order valence-corrected chi connectivity index (χ1v) is 45.6. The Morgan fingerprint density at radius 1 is 0.508 bits per heavy atom. The number of amidine groups is 1. The Hall–Kier alpha value is -11.3. The number of aliphatic imine (C=N–C) groups is 1. The summed E-state index contributed by atoms with van der Waals surface area (Å²) >= 11 is 3.89. The van der Waals surface area contributed by atoms with Gasteiger partial charge in [0.15, 0.2) is 28.9 Å². The maximum atomic E-state index is 13.3. The molecule has 1 aliphatic carbocycles. The van der Waals surface area contributed by atoms with Crippen LogP contribution >= 0.6 is 47.0 Å². The highest BCUT2D eigenvalue weighted by Gasteiger charge is 2.32. The van der Waals surface area contributed by atoms with Crippen LogP contribution in [-0.4, -0.2) is 173 Å². The number of benzene rings is 3. The summed E-state index contributed by atoms with van der Waals surface area (Å²) in [5, 5.41) is 9.54. The lowest BCUT2D eigenvalue weighted by Gasteiger charge is -2.33. The van der Waals surface area contributed by atoms with Gasteiger partial charge in [0.05, 0.1) is 79.1 Å². The van der Waals surface area contributed by atoms with Gasteiger partial charge in [-0.05, 0) is 269 Å². The van der Waals surface area contributed by atoms with Crippen LogP contribution in [0, 0.1) is 29.5 Å². The molecule has 8 fully saturated rings. The highest BCUT2D eigenvalue weighted by Crippen LogP contribution is 2.37. The monoisotopic (exact) mass is 1740 g/mol. The minimum absolute atomic E-state index is 0.00464. The van der Waals surface area contributed by atoms with E-state index in [-0.39, 0.29) is 68.9 Å². The number of hydrogen-bond acceptors (Lipinski definition) is 29. The standard InChI is InChI=1S/C26H29N3O2S.C24H22FN5O2S.C22H25N5O2S.C20H21N5O3S/c30-23-17-25(31)32-24(23)16-22-9-12-27-26(28-22)29-13-10-18(11-14-29)5-6-19-7-8-20-3-1-2-4-21(20)15-19;25-16-2-4-20-15(11-16)1-3-19(28-20)14-27-17-6-9-30(10-7-17)24-26-8-5-18(29-24)12-22-21(31)13-23(32)33-22;28-20-19(30-22(29)26-20)14-18-7-11-24-21(25-18)27-12-8-17(9-13-27)15-23-10-6-16-4-2-1-3-5-16;21-19(16-2-1-9-28-16)23-12-13-4-7-25(8-5-13)20-22-6-3-14(24-20)10-17-15(26)11-18(27)29-17/h1-4,9,12,16,18-19H,5-8,10-11,13-15,17H2;1-5,8,11-12,17,27H,6-7,9-10,13-14H2;1-5,7,11,14,17,23H,6,8-10,12-13,15H2,(H,26,28,29);1-3,6,9-10,13H,4-5,7-8,11-12H2,(H2,21,23)/b24-16-;22-12-;19-14-;17-10-. The number of halogens is 1. The molecule has 0 spiro atoms. The van der Waals surface area contributed by atoms with Crippen LogP contribution in [0.1, 0.15) is 141 Å². The van der Waals surface area contributed by atoms with Crippen molar-refractivity contribution in [3.63, 3.8) is 0 Å². The van der Waals surface area contributed by atoms with Gasteiger partial charge in [0.1, 0.15) is 5.82 Å². The summed E-state index contributed by atoms with van der Waals surface area (Å²) in [7, 11) is 0. The van der Waals surface area contributed by atoms with Crippen molar-refractivity contribution in [2.24, 2.45) is 34.4 Å². The summed E-state index contributed by atoms with van der Waals surface area (Å²) in [5.41, 5.74) is 14.8. The lowest BCUT2D eigenvalue weighted by atomic mass is 9.79. The van der Waals surface area contributed by atoms with Gasteiger partial charge in [0, 0.05) is 102 Å². The number of nitrogens with zero attached hydrogens (tertiary/aromatic N) is 14. The number of nitrogens with one attached hydrogen (secondary N) is 3. The molecule has 27 nitrogen and oxygen atoms in total. The molecule has 18 rings (SSSR count). The van der Waals surface area contributed by atoms with Crippen molar-refractivity contribution in [1.29, 1.82) is 0 Å². The molecule has 8 aliphatic heterocycles. The van der Waals surface area contributed by atoms with Gasteiger partial charge in [-0.3, -0.25) is 53.6 Å². The third-order valence-electron chi connectivity index (χ3n) is 23.2. The number of aryl methyl sites for hydroxylation is 1. The third kappa shape index (κ3) is 24.8. The summed E-state index contributed by atoms with van der Waals surface area (Å²) in [4.78, 5) is 148. The van der Waals surface area contributed by atoms with E-state index in [1.165, 1.54) is 62.6 Å². The number of Topliss-reactive ketones (excluding diaryl/α,β-unsaturated/α-hetero) is 3. The number of aromatic nitrogens is 9. The van der Waals surface area contributed by atoms with Gasteiger partial charge in [-0.15, -0.1) is 0 Å². The molecular weight excluding hydrogens is 1650 g/mol. The summed E-state index contributed by atoms with van der Waals surface area (Å²) < 4.78 is 18.6. The van der Waals surface area contributed by atoms with Crippen molar-refractivity contribution in [1.82, 2.24) is 60.8 Å². The van der Waals surface area contributed by atoms with Gasteiger partial charge in [0.25, 0.3) is 11.1 Å². The van der Waals surface area contributed by atoms with E-state index in [1.54, 1.807) is 109 Å². The number of thioether (sulfide) groups is 4. The smallest absolute Gasteiger partial charge is 0.290 e. The van der Waals surface area contributed by atoms with Crippen molar-refractivity contribution >= 4 is 156 Å². The number of furan rings is 1. The van der Waals surface area contributed by atoms with Crippen LogP contribution in [0.5, 0.6) is 0 Å². The molecule has 0 bridgehead atoms. The zero-order chi connectivity index (χ0) is 85.7. The molecule has 3 aromatic carbocycles. The Kier molecular flexibility index (Phi) is 30.3. The van der Waals surface area contributed by atoms with Crippen LogP contribution in [0.25, 0.3) is 35.2 Å². The number of allylic oxidation sites excluding steroid dienone is 3. The Balaban J connectivity index is 0.000000128. The average Bonchev–Trinajstić information content (AvgIpc) is 1.48. The zero-order valence-electron chi connectivity index (χ0n) is 68.7. The first kappa shape index (κ1) is 87.6.